The summed E-state index contributed by atoms with van der Waals surface area (Å²) < 4.78 is 39.9. The van der Waals surface area contributed by atoms with E-state index < -0.39 is 28.4 Å². The second-order valence-corrected chi connectivity index (χ2v) is 7.52. The van der Waals surface area contributed by atoms with Crippen molar-refractivity contribution in [2.45, 2.75) is 13.5 Å². The van der Waals surface area contributed by atoms with Crippen molar-refractivity contribution in [1.29, 1.82) is 0 Å². The van der Waals surface area contributed by atoms with E-state index in [1.54, 1.807) is 0 Å². The first kappa shape index (κ1) is 18.2. The Labute approximate surface area is 144 Å². The van der Waals surface area contributed by atoms with Gasteiger partial charge in [-0.25, -0.2) is 17.6 Å². The van der Waals surface area contributed by atoms with Crippen molar-refractivity contribution in [3.8, 4) is 0 Å². The zero-order chi connectivity index (χ0) is 17.9. The molecule has 2 rings (SSSR count). The van der Waals surface area contributed by atoms with Crippen LogP contribution in [0.1, 0.15) is 22.8 Å². The second kappa shape index (κ2) is 7.19. The lowest BCUT2D eigenvalue weighted by Crippen LogP contribution is -2.33. The molecule has 2 aromatic carbocycles. The number of anilines is 1. The van der Waals surface area contributed by atoms with Crippen molar-refractivity contribution in [1.82, 2.24) is 0 Å². The lowest BCUT2D eigenvalue weighted by atomic mass is 10.1. The van der Waals surface area contributed by atoms with Crippen molar-refractivity contribution in [2.75, 3.05) is 10.1 Å². The molecule has 0 aliphatic rings. The lowest BCUT2D eigenvalue weighted by Gasteiger charge is -2.26. The van der Waals surface area contributed by atoms with Crippen LogP contribution in [0, 0.1) is 5.82 Å². The molecule has 24 heavy (non-hydrogen) atoms. The summed E-state index contributed by atoms with van der Waals surface area (Å²) in [4.78, 5) is 11.4. The number of benzene rings is 2. The lowest BCUT2D eigenvalue weighted by molar-refractivity contribution is 0.0697. The summed E-state index contributed by atoms with van der Waals surface area (Å²) >= 11 is 5.98. The highest BCUT2D eigenvalue weighted by atomic mass is 35.5. The number of para-hydroxylation sites is 1. The molecule has 0 amide bonds. The van der Waals surface area contributed by atoms with Crippen molar-refractivity contribution >= 4 is 33.3 Å². The molecule has 0 fully saturated rings. The Kier molecular flexibility index (Phi) is 5.46. The minimum Gasteiger partial charge on any atom is -0.478 e. The molecule has 0 aliphatic carbocycles. The van der Waals surface area contributed by atoms with Crippen LogP contribution in [-0.4, -0.2) is 25.2 Å². The SMILES string of the molecule is CCS(=O)(=O)N(Cc1c(F)cccc1Cl)c1ccccc1C(=O)O. The Morgan fingerprint density at radius 1 is 1.21 bits per heavy atom. The third kappa shape index (κ3) is 3.68. The van der Waals surface area contributed by atoms with Gasteiger partial charge in [0.2, 0.25) is 10.0 Å². The molecule has 1 N–H and O–H groups in total. The monoisotopic (exact) mass is 371 g/mol. The maximum Gasteiger partial charge on any atom is 0.337 e. The van der Waals surface area contributed by atoms with Crippen molar-refractivity contribution < 1.29 is 22.7 Å². The molecule has 0 atom stereocenters. The first-order valence-corrected chi connectivity index (χ1v) is 9.02. The fraction of sp³-hybridized carbons (Fsp3) is 0.188. The number of nitrogens with zero attached hydrogens (tertiary/aromatic N) is 1. The Balaban J connectivity index is 2.62. The molecule has 0 spiro atoms. The van der Waals surface area contributed by atoms with Crippen molar-refractivity contribution in [2.24, 2.45) is 0 Å². The average molecular weight is 372 g/mol. The number of hydrogen-bond acceptors (Lipinski definition) is 3. The number of hydrogen-bond donors (Lipinski definition) is 1. The average Bonchev–Trinajstić information content (AvgIpc) is 2.54. The molecular weight excluding hydrogens is 357 g/mol. The van der Waals surface area contributed by atoms with E-state index in [-0.39, 0.29) is 27.6 Å². The van der Waals surface area contributed by atoms with Crippen LogP contribution >= 0.6 is 11.6 Å². The van der Waals surface area contributed by atoms with E-state index in [9.17, 15) is 22.7 Å². The minimum absolute atomic E-state index is 0.0172. The summed E-state index contributed by atoms with van der Waals surface area (Å²) in [6, 6.07) is 9.68. The summed E-state index contributed by atoms with van der Waals surface area (Å²) in [5.41, 5.74) is -0.246. The van der Waals surface area contributed by atoms with Gasteiger partial charge in [-0.3, -0.25) is 4.31 Å². The van der Waals surface area contributed by atoms with Crippen LogP contribution in [0.5, 0.6) is 0 Å². The van der Waals surface area contributed by atoms with Crippen LogP contribution in [0.25, 0.3) is 0 Å². The smallest absolute Gasteiger partial charge is 0.337 e. The normalized spacial score (nSPS) is 11.3. The Morgan fingerprint density at radius 2 is 1.88 bits per heavy atom. The van der Waals surface area contributed by atoms with Gasteiger partial charge in [-0.1, -0.05) is 29.8 Å². The highest BCUT2D eigenvalue weighted by Gasteiger charge is 2.27. The number of sulfonamides is 1. The van der Waals surface area contributed by atoms with E-state index in [0.717, 1.165) is 4.31 Å². The van der Waals surface area contributed by atoms with E-state index in [0.29, 0.717) is 0 Å². The number of aromatic carboxylic acids is 1. The van der Waals surface area contributed by atoms with Gasteiger partial charge in [0.15, 0.2) is 0 Å². The summed E-state index contributed by atoms with van der Waals surface area (Å²) in [6.45, 7) is 1.03. The van der Waals surface area contributed by atoms with Gasteiger partial charge < -0.3 is 5.11 Å². The van der Waals surface area contributed by atoms with Gasteiger partial charge in [0.05, 0.1) is 23.5 Å². The molecule has 0 aromatic heterocycles. The Bertz CT molecular complexity index is 850. The Hall–Kier alpha value is -2.12. The van der Waals surface area contributed by atoms with Crippen LogP contribution in [0.4, 0.5) is 10.1 Å². The van der Waals surface area contributed by atoms with Crippen LogP contribution in [0.15, 0.2) is 42.5 Å². The van der Waals surface area contributed by atoms with Gasteiger partial charge >= 0.3 is 5.97 Å². The summed E-state index contributed by atoms with van der Waals surface area (Å²) in [7, 11) is -3.86. The molecule has 0 heterocycles. The quantitative estimate of drug-likeness (QED) is 0.842. The summed E-state index contributed by atoms with van der Waals surface area (Å²) in [5, 5.41) is 9.38. The maximum absolute atomic E-state index is 14.1. The van der Waals surface area contributed by atoms with Gasteiger partial charge in [0, 0.05) is 10.6 Å². The van der Waals surface area contributed by atoms with E-state index >= 15 is 0 Å². The summed E-state index contributed by atoms with van der Waals surface area (Å²) in [5.74, 6) is -2.21. The molecule has 0 saturated carbocycles. The number of carboxylic acids is 1. The highest BCUT2D eigenvalue weighted by molar-refractivity contribution is 7.92. The predicted octanol–water partition coefficient (Wildman–Crippen LogP) is 3.53. The molecule has 0 unspecified atom stereocenters. The van der Waals surface area contributed by atoms with E-state index in [1.165, 1.54) is 49.4 Å². The summed E-state index contributed by atoms with van der Waals surface area (Å²) in [6.07, 6.45) is 0. The molecule has 0 aliphatic heterocycles. The highest BCUT2D eigenvalue weighted by Crippen LogP contribution is 2.29. The fourth-order valence-corrected chi connectivity index (χ4v) is 3.51. The number of carbonyl (C=O) groups is 1. The molecule has 0 radical (unpaired) electrons. The minimum atomic E-state index is -3.86. The Morgan fingerprint density at radius 3 is 2.46 bits per heavy atom. The maximum atomic E-state index is 14.1. The van der Waals surface area contributed by atoms with Gasteiger partial charge in [0.25, 0.3) is 0 Å². The standard InChI is InChI=1S/C16H15ClFNO4S/c1-2-24(22,23)19(10-12-13(17)7-5-8-14(12)18)15-9-4-3-6-11(15)16(20)21/h3-9H,2,10H2,1H3,(H,20,21). The molecule has 0 saturated heterocycles. The zero-order valence-corrected chi connectivity index (χ0v) is 14.3. The number of rotatable bonds is 6. The van der Waals surface area contributed by atoms with Crippen molar-refractivity contribution in [3.63, 3.8) is 0 Å². The molecule has 8 heteroatoms. The first-order valence-electron chi connectivity index (χ1n) is 7.03. The van der Waals surface area contributed by atoms with Gasteiger partial charge in [-0.2, -0.15) is 0 Å². The van der Waals surface area contributed by atoms with Gasteiger partial charge in [-0.05, 0) is 31.2 Å². The second-order valence-electron chi connectivity index (χ2n) is 4.93. The van der Waals surface area contributed by atoms with Crippen LogP contribution in [0.3, 0.4) is 0 Å². The third-order valence-corrected chi connectivity index (χ3v) is 5.55. The van der Waals surface area contributed by atoms with E-state index in [2.05, 4.69) is 0 Å². The van der Waals surface area contributed by atoms with E-state index in [1.807, 2.05) is 0 Å². The topological polar surface area (TPSA) is 74.7 Å². The van der Waals surface area contributed by atoms with Crippen LogP contribution in [0.2, 0.25) is 5.02 Å². The molecule has 2 aromatic rings. The third-order valence-electron chi connectivity index (χ3n) is 3.47. The largest absolute Gasteiger partial charge is 0.478 e. The molecule has 0 bridgehead atoms. The van der Waals surface area contributed by atoms with E-state index in [4.69, 9.17) is 11.6 Å². The fourth-order valence-electron chi connectivity index (χ4n) is 2.19. The van der Waals surface area contributed by atoms with Gasteiger partial charge in [-0.15, -0.1) is 0 Å². The van der Waals surface area contributed by atoms with Crippen LogP contribution in [-0.2, 0) is 16.6 Å². The first-order chi connectivity index (χ1) is 11.3. The zero-order valence-electron chi connectivity index (χ0n) is 12.7. The predicted molar refractivity (Wildman–Crippen MR) is 90.5 cm³/mol. The molecular formula is C16H15ClFNO4S. The number of halogens is 2. The number of carboxylic acid groups (broad SMARTS) is 1. The van der Waals surface area contributed by atoms with Crippen LogP contribution < -0.4 is 4.31 Å². The van der Waals surface area contributed by atoms with Gasteiger partial charge in [0.1, 0.15) is 5.82 Å². The van der Waals surface area contributed by atoms with Crippen molar-refractivity contribution in [3.05, 3.63) is 64.4 Å². The molecule has 128 valence electrons. The molecule has 5 nitrogen and oxygen atoms in total.